The van der Waals surface area contributed by atoms with E-state index in [0.717, 1.165) is 28.8 Å². The number of hydrogen-bond acceptors (Lipinski definition) is 11. The second kappa shape index (κ2) is 11.1. The first-order valence-electron chi connectivity index (χ1n) is 15.9. The van der Waals surface area contributed by atoms with E-state index in [1.54, 1.807) is 0 Å². The fourth-order valence-electron chi connectivity index (χ4n) is 7.35. The number of carbonyl (C=O) groups excluding carboxylic acids is 3. The smallest absolute Gasteiger partial charge is 0.360 e. The van der Waals surface area contributed by atoms with Crippen molar-refractivity contribution < 1.29 is 37.4 Å². The summed E-state index contributed by atoms with van der Waals surface area (Å²) in [5, 5.41) is 6.69. The number of ketones is 1. The number of Topliss-reactive ketones (excluding diaryl/α,β-unsaturated/α-hetero) is 1. The molecule has 4 aliphatic rings. The summed E-state index contributed by atoms with van der Waals surface area (Å²) in [6.07, 6.45) is 1.98. The summed E-state index contributed by atoms with van der Waals surface area (Å²) in [5.74, 6) is -0.483. The number of aromatic nitrogens is 2. The minimum absolute atomic E-state index is 0.0206. The van der Waals surface area contributed by atoms with Gasteiger partial charge in [0, 0.05) is 30.2 Å². The highest BCUT2D eigenvalue weighted by atomic mass is 16.5. The number of esters is 1. The van der Waals surface area contributed by atoms with Gasteiger partial charge in [0.15, 0.2) is 29.2 Å². The lowest BCUT2D eigenvalue weighted by Gasteiger charge is -2.28. The number of ether oxygens (including phenoxy) is 3. The number of oxazole rings is 2. The zero-order valence-electron chi connectivity index (χ0n) is 26.2. The lowest BCUT2D eigenvalue weighted by molar-refractivity contribution is -0.134. The zero-order chi connectivity index (χ0) is 32.4. The van der Waals surface area contributed by atoms with E-state index in [0.29, 0.717) is 31.0 Å². The number of nitrogens with one attached hydrogen (secondary N) is 2. The van der Waals surface area contributed by atoms with Crippen molar-refractivity contribution >= 4 is 23.3 Å². The first-order valence-corrected chi connectivity index (χ1v) is 15.9. The van der Waals surface area contributed by atoms with Gasteiger partial charge in [-0.15, -0.1) is 0 Å². The molecule has 12 heteroatoms. The summed E-state index contributed by atoms with van der Waals surface area (Å²) in [5.41, 5.74) is 2.64. The molecule has 2 aromatic carbocycles. The minimum atomic E-state index is -1.05. The van der Waals surface area contributed by atoms with E-state index in [9.17, 15) is 14.4 Å². The standard InChI is InChI=1S/C35H34N4O8/c1-17(2)27-32-39-28(31-36-23(16-45-31)33(42)43-3)29(47-32)35-20-7-4-5-8-22(20)37-34(35)46-25-11-10-18(14-21(25)35)13-19(30(41)38-27)15-24(40)26-9-6-12-44-26/h4-5,7-8,10-11,14,16-17,19,26-27,34,37H,6,9,12-13,15H2,1-3H3,(H,38,41)/t19?,26-,27-,34-,35?/m0/s1. The Hall–Kier alpha value is -4.97. The molecule has 2 N–H and O–H groups in total. The quantitative estimate of drug-likeness (QED) is 0.282. The van der Waals surface area contributed by atoms with Gasteiger partial charge in [-0.05, 0) is 48.4 Å². The molecule has 1 amide bonds. The van der Waals surface area contributed by atoms with Crippen molar-refractivity contribution in [2.75, 3.05) is 19.0 Å². The molecule has 0 aliphatic carbocycles. The molecule has 1 spiro atoms. The van der Waals surface area contributed by atoms with Crippen LogP contribution in [0.1, 0.15) is 78.0 Å². The Morgan fingerprint density at radius 3 is 2.74 bits per heavy atom. The average Bonchev–Trinajstić information content (AvgIpc) is 3.89. The van der Waals surface area contributed by atoms with Gasteiger partial charge in [0.1, 0.15) is 29.6 Å². The first-order chi connectivity index (χ1) is 22.8. The molecular weight excluding hydrogens is 604 g/mol. The third kappa shape index (κ3) is 4.56. The maximum Gasteiger partial charge on any atom is 0.360 e. The van der Waals surface area contributed by atoms with Crippen molar-refractivity contribution in [3.8, 4) is 17.3 Å². The molecule has 2 aromatic heterocycles. The SMILES string of the molecule is COC(=O)c1coc(-c2nc3oc2C24c5ccccc5N[C@H]2Oc2ccc(cc24)CC(CC(=O)[C@@H]2CCCO2)C(=O)N[C@H]3C(C)C)n1. The fourth-order valence-corrected chi connectivity index (χ4v) is 7.35. The lowest BCUT2D eigenvalue weighted by atomic mass is 9.72. The van der Waals surface area contributed by atoms with Crippen LogP contribution in [0, 0.1) is 11.8 Å². The van der Waals surface area contributed by atoms with Crippen molar-refractivity contribution in [3.63, 3.8) is 0 Å². The highest BCUT2D eigenvalue weighted by Gasteiger charge is 2.61. The Morgan fingerprint density at radius 2 is 1.96 bits per heavy atom. The molecule has 47 heavy (non-hydrogen) atoms. The number of carbonyl (C=O) groups is 3. The second-order valence-electron chi connectivity index (χ2n) is 12.9. The van der Waals surface area contributed by atoms with E-state index in [1.165, 1.54) is 13.4 Å². The topological polar surface area (TPSA) is 155 Å². The van der Waals surface area contributed by atoms with E-state index in [2.05, 4.69) is 15.6 Å². The van der Waals surface area contributed by atoms with E-state index in [-0.39, 0.29) is 47.2 Å². The number of para-hydroxylation sites is 1. The number of rotatable bonds is 6. The Balaban J connectivity index is 1.35. The van der Waals surface area contributed by atoms with E-state index in [4.69, 9.17) is 28.0 Å². The third-order valence-electron chi connectivity index (χ3n) is 9.67. The summed E-state index contributed by atoms with van der Waals surface area (Å²) in [6, 6.07) is 13.1. The van der Waals surface area contributed by atoms with Crippen molar-refractivity contribution in [1.82, 2.24) is 15.3 Å². The van der Waals surface area contributed by atoms with Crippen molar-refractivity contribution in [1.29, 1.82) is 0 Å². The maximum absolute atomic E-state index is 14.1. The molecule has 4 aromatic rings. The highest BCUT2D eigenvalue weighted by Crippen LogP contribution is 2.59. The number of fused-ring (bicyclic) bond motifs is 4. The molecule has 242 valence electrons. The molecule has 12 nitrogen and oxygen atoms in total. The van der Waals surface area contributed by atoms with Crippen LogP contribution in [-0.4, -0.2) is 53.7 Å². The van der Waals surface area contributed by atoms with Crippen LogP contribution in [0.25, 0.3) is 11.6 Å². The van der Waals surface area contributed by atoms with Crippen molar-refractivity contribution in [2.24, 2.45) is 11.8 Å². The van der Waals surface area contributed by atoms with Crippen LogP contribution >= 0.6 is 0 Å². The molecule has 8 rings (SSSR count). The Kier molecular flexibility index (Phi) is 6.94. The van der Waals surface area contributed by atoms with Gasteiger partial charge in [-0.3, -0.25) is 9.59 Å². The Morgan fingerprint density at radius 1 is 1.11 bits per heavy atom. The van der Waals surface area contributed by atoms with Gasteiger partial charge >= 0.3 is 5.97 Å². The number of hydrogen-bond donors (Lipinski definition) is 2. The first kappa shape index (κ1) is 29.4. The second-order valence-corrected chi connectivity index (χ2v) is 12.9. The van der Waals surface area contributed by atoms with E-state index in [1.807, 2.05) is 56.3 Å². The van der Waals surface area contributed by atoms with Gasteiger partial charge in [-0.1, -0.05) is 44.2 Å². The van der Waals surface area contributed by atoms with Crippen LogP contribution < -0.4 is 15.4 Å². The van der Waals surface area contributed by atoms with Crippen LogP contribution in [0.15, 0.2) is 57.6 Å². The highest BCUT2D eigenvalue weighted by molar-refractivity contribution is 5.90. The summed E-state index contributed by atoms with van der Waals surface area (Å²) < 4.78 is 29.8. The molecule has 6 heterocycles. The average molecular weight is 639 g/mol. The number of amides is 1. The van der Waals surface area contributed by atoms with Crippen LogP contribution in [0.2, 0.25) is 0 Å². The molecular formula is C35H34N4O8. The fraction of sp³-hybridized carbons (Fsp3) is 0.400. The summed E-state index contributed by atoms with van der Waals surface area (Å²) >= 11 is 0. The minimum Gasteiger partial charge on any atom is -0.469 e. The molecule has 0 radical (unpaired) electrons. The van der Waals surface area contributed by atoms with Gasteiger partial charge in [0.05, 0.1) is 7.11 Å². The molecule has 4 bridgehead atoms. The van der Waals surface area contributed by atoms with Crippen molar-refractivity contribution in [2.45, 2.75) is 63.3 Å². The maximum atomic E-state index is 14.1. The number of benzene rings is 2. The molecule has 0 saturated carbocycles. The molecule has 2 unspecified atom stereocenters. The lowest BCUT2D eigenvalue weighted by Crippen LogP contribution is -2.40. The summed E-state index contributed by atoms with van der Waals surface area (Å²) in [4.78, 5) is 49.2. The predicted molar refractivity (Wildman–Crippen MR) is 166 cm³/mol. The van der Waals surface area contributed by atoms with Crippen LogP contribution in [0.4, 0.5) is 5.69 Å². The molecule has 1 saturated heterocycles. The largest absolute Gasteiger partial charge is 0.469 e. The third-order valence-corrected chi connectivity index (χ3v) is 9.67. The predicted octanol–water partition coefficient (Wildman–Crippen LogP) is 4.72. The van der Waals surface area contributed by atoms with Gasteiger partial charge in [-0.2, -0.15) is 0 Å². The van der Waals surface area contributed by atoms with Crippen LogP contribution in [0.3, 0.4) is 0 Å². The van der Waals surface area contributed by atoms with E-state index < -0.39 is 35.7 Å². The van der Waals surface area contributed by atoms with Gasteiger partial charge in [-0.25, -0.2) is 14.8 Å². The summed E-state index contributed by atoms with van der Waals surface area (Å²) in [6.45, 7) is 4.47. The van der Waals surface area contributed by atoms with Gasteiger partial charge in [0.2, 0.25) is 17.7 Å². The van der Waals surface area contributed by atoms with Crippen molar-refractivity contribution in [3.05, 3.63) is 82.8 Å². The van der Waals surface area contributed by atoms with Gasteiger partial charge in [0.25, 0.3) is 0 Å². The van der Waals surface area contributed by atoms with Crippen LogP contribution in [-0.2, 0) is 30.9 Å². The number of anilines is 1. The Bertz CT molecular complexity index is 1910. The normalized spacial score (nSPS) is 25.6. The molecule has 1 fully saturated rings. The van der Waals surface area contributed by atoms with Crippen LogP contribution in [0.5, 0.6) is 5.75 Å². The monoisotopic (exact) mass is 638 g/mol. The number of nitrogens with zero attached hydrogens (tertiary/aromatic N) is 2. The van der Waals surface area contributed by atoms with E-state index >= 15 is 0 Å². The molecule has 5 atom stereocenters. The Labute approximate surface area is 270 Å². The summed E-state index contributed by atoms with van der Waals surface area (Å²) in [7, 11) is 1.27. The zero-order valence-corrected chi connectivity index (χ0v) is 26.2. The molecule has 4 aliphatic heterocycles. The number of methoxy groups -OCH3 is 1. The van der Waals surface area contributed by atoms with Gasteiger partial charge < -0.3 is 33.7 Å².